The first-order valence-electron chi connectivity index (χ1n) is 6.76. The van der Waals surface area contributed by atoms with Gasteiger partial charge in [0.05, 0.1) is 30.1 Å². The van der Waals surface area contributed by atoms with Gasteiger partial charge in [-0.05, 0) is 27.7 Å². The Hall–Kier alpha value is -1.47. The molecule has 0 saturated heterocycles. The molecule has 7 heteroatoms. The molecule has 1 heterocycles. The minimum atomic E-state index is -0.286. The van der Waals surface area contributed by atoms with Gasteiger partial charge < -0.3 is 15.4 Å². The number of aromatic nitrogens is 3. The van der Waals surface area contributed by atoms with Crippen LogP contribution >= 0.6 is 0 Å². The molecule has 2 N–H and O–H groups in total. The predicted octanol–water partition coefficient (Wildman–Crippen LogP) is 0.274. The standard InChI is InChI=1S/C13H25N5O2/c1-10(12(19)14-6-7-20-5)15-8-11-9-18(17-16-11)13(2,3)4/h9-10,15H,6-8H2,1-5H3,(H,14,19). The van der Waals surface area contributed by atoms with Crippen molar-refractivity contribution in [3.8, 4) is 0 Å². The Bertz CT molecular complexity index is 425. The van der Waals surface area contributed by atoms with Gasteiger partial charge in [-0.2, -0.15) is 0 Å². The average Bonchev–Trinajstić information content (AvgIpc) is 2.84. The van der Waals surface area contributed by atoms with Crippen molar-refractivity contribution < 1.29 is 9.53 Å². The third-order valence-corrected chi connectivity index (χ3v) is 2.82. The average molecular weight is 283 g/mol. The van der Waals surface area contributed by atoms with E-state index in [0.717, 1.165) is 5.69 Å². The summed E-state index contributed by atoms with van der Waals surface area (Å²) in [4.78, 5) is 11.7. The maximum absolute atomic E-state index is 11.7. The lowest BCUT2D eigenvalue weighted by atomic mass is 10.1. The molecule has 7 nitrogen and oxygen atoms in total. The molecule has 20 heavy (non-hydrogen) atoms. The second-order valence-electron chi connectivity index (χ2n) is 5.71. The van der Waals surface area contributed by atoms with E-state index in [-0.39, 0.29) is 17.5 Å². The highest BCUT2D eigenvalue weighted by Gasteiger charge is 2.16. The molecule has 1 aromatic rings. The van der Waals surface area contributed by atoms with Gasteiger partial charge in [0, 0.05) is 20.2 Å². The van der Waals surface area contributed by atoms with E-state index in [1.165, 1.54) is 0 Å². The van der Waals surface area contributed by atoms with Gasteiger partial charge in [-0.25, -0.2) is 4.68 Å². The van der Waals surface area contributed by atoms with Gasteiger partial charge in [0.25, 0.3) is 0 Å². The van der Waals surface area contributed by atoms with Crippen LogP contribution in [0, 0.1) is 0 Å². The summed E-state index contributed by atoms with van der Waals surface area (Å²) >= 11 is 0. The molecule has 1 atom stereocenters. The molecule has 0 aliphatic rings. The van der Waals surface area contributed by atoms with E-state index in [4.69, 9.17) is 4.74 Å². The molecule has 1 amide bonds. The highest BCUT2D eigenvalue weighted by Crippen LogP contribution is 2.11. The number of hydrogen-bond donors (Lipinski definition) is 2. The summed E-state index contributed by atoms with van der Waals surface area (Å²) in [5.74, 6) is -0.0507. The van der Waals surface area contributed by atoms with E-state index in [2.05, 4.69) is 41.7 Å². The predicted molar refractivity (Wildman–Crippen MR) is 76.2 cm³/mol. The highest BCUT2D eigenvalue weighted by atomic mass is 16.5. The van der Waals surface area contributed by atoms with Gasteiger partial charge in [0.15, 0.2) is 0 Å². The van der Waals surface area contributed by atoms with Crippen molar-refractivity contribution in [2.45, 2.75) is 45.8 Å². The molecule has 0 aromatic carbocycles. The van der Waals surface area contributed by atoms with E-state index in [1.54, 1.807) is 7.11 Å². The Kier molecular flexibility index (Phi) is 6.09. The fraction of sp³-hybridized carbons (Fsp3) is 0.769. The second-order valence-corrected chi connectivity index (χ2v) is 5.71. The Morgan fingerprint density at radius 1 is 1.50 bits per heavy atom. The molecule has 1 rings (SSSR count). The fourth-order valence-electron chi connectivity index (χ4n) is 1.49. The number of nitrogens with one attached hydrogen (secondary N) is 2. The molecule has 114 valence electrons. The third kappa shape index (κ3) is 5.26. The minimum Gasteiger partial charge on any atom is -0.383 e. The van der Waals surface area contributed by atoms with Crippen molar-refractivity contribution in [3.05, 3.63) is 11.9 Å². The maximum Gasteiger partial charge on any atom is 0.236 e. The molecule has 1 aromatic heterocycles. The van der Waals surface area contributed by atoms with Crippen molar-refractivity contribution in [2.24, 2.45) is 0 Å². The lowest BCUT2D eigenvalue weighted by molar-refractivity contribution is -0.123. The number of carbonyl (C=O) groups is 1. The lowest BCUT2D eigenvalue weighted by Gasteiger charge is -2.17. The molecule has 0 saturated carbocycles. The van der Waals surface area contributed by atoms with Crippen LogP contribution in [-0.4, -0.2) is 47.2 Å². The summed E-state index contributed by atoms with van der Waals surface area (Å²) in [5.41, 5.74) is 0.727. The number of methoxy groups -OCH3 is 1. The lowest BCUT2D eigenvalue weighted by Crippen LogP contribution is -2.42. The molecular formula is C13H25N5O2. The number of carbonyl (C=O) groups excluding carboxylic acids is 1. The molecule has 0 bridgehead atoms. The van der Waals surface area contributed by atoms with Crippen LogP contribution in [0.1, 0.15) is 33.4 Å². The normalized spacial score (nSPS) is 13.2. The minimum absolute atomic E-state index is 0.0507. The fourth-order valence-corrected chi connectivity index (χ4v) is 1.49. The Morgan fingerprint density at radius 3 is 2.75 bits per heavy atom. The van der Waals surface area contributed by atoms with Gasteiger partial charge in [0.2, 0.25) is 5.91 Å². The zero-order valence-electron chi connectivity index (χ0n) is 12.9. The topological polar surface area (TPSA) is 81.1 Å². The van der Waals surface area contributed by atoms with E-state index >= 15 is 0 Å². The first-order chi connectivity index (χ1) is 9.34. The molecular weight excluding hydrogens is 258 g/mol. The van der Waals surface area contributed by atoms with Crippen LogP contribution in [0.4, 0.5) is 0 Å². The van der Waals surface area contributed by atoms with Gasteiger partial charge in [-0.15, -0.1) is 5.10 Å². The van der Waals surface area contributed by atoms with E-state index < -0.39 is 0 Å². The summed E-state index contributed by atoms with van der Waals surface area (Å²) in [5, 5.41) is 14.1. The highest BCUT2D eigenvalue weighted by molar-refractivity contribution is 5.81. The molecule has 0 aliphatic heterocycles. The van der Waals surface area contributed by atoms with Gasteiger partial charge in [0.1, 0.15) is 0 Å². The van der Waals surface area contributed by atoms with E-state index in [0.29, 0.717) is 19.7 Å². The van der Waals surface area contributed by atoms with Crippen LogP contribution in [0.2, 0.25) is 0 Å². The smallest absolute Gasteiger partial charge is 0.236 e. The largest absolute Gasteiger partial charge is 0.383 e. The van der Waals surface area contributed by atoms with Crippen LogP contribution in [0.25, 0.3) is 0 Å². The van der Waals surface area contributed by atoms with Crippen molar-refractivity contribution in [2.75, 3.05) is 20.3 Å². The number of nitrogens with zero attached hydrogens (tertiary/aromatic N) is 3. The van der Waals surface area contributed by atoms with Gasteiger partial charge in [-0.1, -0.05) is 5.21 Å². The third-order valence-electron chi connectivity index (χ3n) is 2.82. The van der Waals surface area contributed by atoms with Crippen LogP contribution < -0.4 is 10.6 Å². The number of amides is 1. The molecule has 1 unspecified atom stereocenters. The quantitative estimate of drug-likeness (QED) is 0.702. The van der Waals surface area contributed by atoms with Crippen molar-refractivity contribution >= 4 is 5.91 Å². The van der Waals surface area contributed by atoms with Gasteiger partial charge >= 0.3 is 0 Å². The van der Waals surface area contributed by atoms with Gasteiger partial charge in [-0.3, -0.25) is 4.79 Å². The summed E-state index contributed by atoms with van der Waals surface area (Å²) in [6, 6.07) is -0.286. The summed E-state index contributed by atoms with van der Waals surface area (Å²) < 4.78 is 6.69. The maximum atomic E-state index is 11.7. The monoisotopic (exact) mass is 283 g/mol. The van der Waals surface area contributed by atoms with Crippen molar-refractivity contribution in [1.29, 1.82) is 0 Å². The molecule has 0 fully saturated rings. The number of hydrogen-bond acceptors (Lipinski definition) is 5. The molecule has 0 spiro atoms. The Labute approximate surface area is 120 Å². The Morgan fingerprint density at radius 2 is 2.20 bits per heavy atom. The molecule has 0 aliphatic carbocycles. The number of rotatable bonds is 7. The first-order valence-corrected chi connectivity index (χ1v) is 6.76. The summed E-state index contributed by atoms with van der Waals surface area (Å²) in [7, 11) is 1.60. The van der Waals surface area contributed by atoms with Crippen LogP contribution in [-0.2, 0) is 21.6 Å². The molecule has 0 radical (unpaired) electrons. The second kappa shape index (κ2) is 7.35. The zero-order valence-corrected chi connectivity index (χ0v) is 12.9. The zero-order chi connectivity index (χ0) is 15.2. The van der Waals surface area contributed by atoms with E-state index in [1.807, 2.05) is 17.8 Å². The van der Waals surface area contributed by atoms with E-state index in [9.17, 15) is 4.79 Å². The summed E-state index contributed by atoms with van der Waals surface area (Å²) in [6.07, 6.45) is 1.89. The van der Waals surface area contributed by atoms with Crippen LogP contribution in [0.5, 0.6) is 0 Å². The SMILES string of the molecule is COCCNC(=O)C(C)NCc1cn(C(C)(C)C)nn1. The van der Waals surface area contributed by atoms with Crippen LogP contribution in [0.3, 0.4) is 0 Å². The Balaban J connectivity index is 2.39. The first kappa shape index (κ1) is 16.6. The van der Waals surface area contributed by atoms with Crippen LogP contribution in [0.15, 0.2) is 6.20 Å². The van der Waals surface area contributed by atoms with Crippen molar-refractivity contribution in [3.63, 3.8) is 0 Å². The van der Waals surface area contributed by atoms with Crippen molar-refractivity contribution in [1.82, 2.24) is 25.6 Å². The summed E-state index contributed by atoms with van der Waals surface area (Å²) in [6.45, 7) is 9.53. The number of ether oxygens (including phenoxy) is 1.